The fourth-order valence-electron chi connectivity index (χ4n) is 1.80. The summed E-state index contributed by atoms with van der Waals surface area (Å²) >= 11 is 9.52. The van der Waals surface area contributed by atoms with Crippen molar-refractivity contribution in [3.8, 4) is 5.69 Å². The minimum Gasteiger partial charge on any atom is -0.382 e. The maximum absolute atomic E-state index is 6.13. The number of halogens is 2. The lowest BCUT2D eigenvalue weighted by Gasteiger charge is -2.10. The topological polar surface area (TPSA) is 39.1 Å². The summed E-state index contributed by atoms with van der Waals surface area (Å²) in [6, 6.07) is 5.82. The maximum Gasteiger partial charge on any atom is 0.207 e. The lowest BCUT2D eigenvalue weighted by atomic mass is 10.3. The van der Waals surface area contributed by atoms with Gasteiger partial charge in [0.1, 0.15) is 0 Å². The number of anilines is 1. The van der Waals surface area contributed by atoms with E-state index < -0.39 is 0 Å². The fourth-order valence-corrected chi connectivity index (χ4v) is 2.22. The van der Waals surface area contributed by atoms with Crippen LogP contribution in [0, 0.1) is 0 Å². The molecule has 1 aromatic carbocycles. The SMILES string of the molecule is CCOCCCNc1nccn1-c1ccc(Br)c(Cl)c1. The lowest BCUT2D eigenvalue weighted by molar-refractivity contribution is 0.147. The third kappa shape index (κ3) is 3.98. The minimum atomic E-state index is 0.679. The number of nitrogens with one attached hydrogen (secondary N) is 1. The van der Waals surface area contributed by atoms with Gasteiger partial charge >= 0.3 is 0 Å². The van der Waals surface area contributed by atoms with Crippen LogP contribution in [-0.2, 0) is 4.74 Å². The summed E-state index contributed by atoms with van der Waals surface area (Å²) in [5, 5.41) is 3.98. The Balaban J connectivity index is 2.02. The molecule has 0 unspecified atom stereocenters. The molecule has 0 aliphatic heterocycles. The summed E-state index contributed by atoms with van der Waals surface area (Å²) in [7, 11) is 0. The number of imidazole rings is 1. The number of aromatic nitrogens is 2. The van der Waals surface area contributed by atoms with Gasteiger partial charge in [-0.3, -0.25) is 4.57 Å². The van der Waals surface area contributed by atoms with Crippen LogP contribution in [0.1, 0.15) is 13.3 Å². The molecular weight excluding hydrogens is 342 g/mol. The standard InChI is InChI=1S/C14H17BrClN3O/c1-2-20-9-3-6-17-14-18-7-8-19(14)11-4-5-12(15)13(16)10-11/h4-5,7-8,10H,2-3,6,9H2,1H3,(H,17,18). The molecular formula is C14H17BrClN3O. The highest BCUT2D eigenvalue weighted by Crippen LogP contribution is 2.26. The largest absolute Gasteiger partial charge is 0.382 e. The van der Waals surface area contributed by atoms with Gasteiger partial charge in [0.05, 0.1) is 10.7 Å². The summed E-state index contributed by atoms with van der Waals surface area (Å²) in [4.78, 5) is 4.32. The van der Waals surface area contributed by atoms with Gasteiger partial charge in [0.15, 0.2) is 0 Å². The predicted octanol–water partition coefficient (Wildman–Crippen LogP) is 4.13. The smallest absolute Gasteiger partial charge is 0.207 e. The Kier molecular flexibility index (Phi) is 5.88. The van der Waals surface area contributed by atoms with Crippen LogP contribution in [-0.4, -0.2) is 29.3 Å². The van der Waals surface area contributed by atoms with E-state index in [0.29, 0.717) is 5.02 Å². The molecule has 0 aliphatic rings. The van der Waals surface area contributed by atoms with E-state index in [-0.39, 0.29) is 0 Å². The van der Waals surface area contributed by atoms with Gasteiger partial charge in [0, 0.05) is 36.6 Å². The highest BCUT2D eigenvalue weighted by atomic mass is 79.9. The van der Waals surface area contributed by atoms with Gasteiger partial charge < -0.3 is 10.1 Å². The monoisotopic (exact) mass is 357 g/mol. The molecule has 4 nitrogen and oxygen atoms in total. The Bertz CT molecular complexity index is 559. The van der Waals surface area contributed by atoms with Crippen molar-refractivity contribution in [3.63, 3.8) is 0 Å². The molecule has 0 saturated heterocycles. The average Bonchev–Trinajstić information content (AvgIpc) is 2.90. The van der Waals surface area contributed by atoms with Crippen molar-refractivity contribution in [2.75, 3.05) is 25.1 Å². The van der Waals surface area contributed by atoms with Crippen molar-refractivity contribution < 1.29 is 4.74 Å². The van der Waals surface area contributed by atoms with E-state index in [4.69, 9.17) is 16.3 Å². The molecule has 0 radical (unpaired) electrons. The summed E-state index contributed by atoms with van der Waals surface area (Å²) in [6.45, 7) is 4.33. The van der Waals surface area contributed by atoms with E-state index in [1.807, 2.05) is 35.9 Å². The third-order valence-electron chi connectivity index (χ3n) is 2.77. The molecule has 6 heteroatoms. The molecule has 0 spiro atoms. The number of rotatable bonds is 7. The number of benzene rings is 1. The fraction of sp³-hybridized carbons (Fsp3) is 0.357. The summed E-state index contributed by atoms with van der Waals surface area (Å²) in [5.74, 6) is 0.805. The van der Waals surface area contributed by atoms with Crippen molar-refractivity contribution >= 4 is 33.5 Å². The Hall–Kier alpha value is -1.04. The van der Waals surface area contributed by atoms with Crippen molar-refractivity contribution in [2.45, 2.75) is 13.3 Å². The van der Waals surface area contributed by atoms with Crippen LogP contribution in [0.15, 0.2) is 35.1 Å². The molecule has 2 rings (SSSR count). The first kappa shape index (κ1) is 15.4. The van der Waals surface area contributed by atoms with Crippen LogP contribution in [0.4, 0.5) is 5.95 Å². The molecule has 2 aromatic rings. The van der Waals surface area contributed by atoms with E-state index in [2.05, 4.69) is 26.2 Å². The third-order valence-corrected chi connectivity index (χ3v) is 4.01. The second-order valence-electron chi connectivity index (χ2n) is 4.20. The van der Waals surface area contributed by atoms with Gasteiger partial charge in [0.25, 0.3) is 0 Å². The first-order valence-electron chi connectivity index (χ1n) is 6.52. The van der Waals surface area contributed by atoms with Gasteiger partial charge in [-0.15, -0.1) is 0 Å². The van der Waals surface area contributed by atoms with E-state index >= 15 is 0 Å². The summed E-state index contributed by atoms with van der Waals surface area (Å²) < 4.78 is 8.16. The van der Waals surface area contributed by atoms with Crippen molar-refractivity contribution in [3.05, 3.63) is 40.1 Å². The quantitative estimate of drug-likeness (QED) is 0.757. The molecule has 0 bridgehead atoms. The Morgan fingerprint density at radius 2 is 2.30 bits per heavy atom. The average molecular weight is 359 g/mol. The molecule has 0 amide bonds. The van der Waals surface area contributed by atoms with Crippen LogP contribution in [0.25, 0.3) is 5.69 Å². The van der Waals surface area contributed by atoms with Crippen LogP contribution in [0.5, 0.6) is 0 Å². The number of nitrogens with zero attached hydrogens (tertiary/aromatic N) is 2. The molecule has 20 heavy (non-hydrogen) atoms. The van der Waals surface area contributed by atoms with E-state index in [1.54, 1.807) is 6.20 Å². The summed E-state index contributed by atoms with van der Waals surface area (Å²) in [5.41, 5.74) is 0.975. The molecule has 108 valence electrons. The van der Waals surface area contributed by atoms with Crippen molar-refractivity contribution in [1.29, 1.82) is 0 Å². The van der Waals surface area contributed by atoms with Gasteiger partial charge in [-0.05, 0) is 47.5 Å². The summed E-state index contributed by atoms with van der Waals surface area (Å²) in [6.07, 6.45) is 4.62. The van der Waals surface area contributed by atoms with Gasteiger partial charge in [-0.25, -0.2) is 4.98 Å². The molecule has 0 aliphatic carbocycles. The molecule has 1 aromatic heterocycles. The number of ether oxygens (including phenoxy) is 1. The Morgan fingerprint density at radius 1 is 1.45 bits per heavy atom. The van der Waals surface area contributed by atoms with Crippen LogP contribution in [0.2, 0.25) is 5.02 Å². The van der Waals surface area contributed by atoms with Crippen LogP contribution < -0.4 is 5.32 Å². The Labute approximate surface area is 132 Å². The molecule has 1 N–H and O–H groups in total. The first-order valence-corrected chi connectivity index (χ1v) is 7.70. The van der Waals surface area contributed by atoms with Crippen LogP contribution >= 0.6 is 27.5 Å². The zero-order chi connectivity index (χ0) is 14.4. The molecule has 1 heterocycles. The van der Waals surface area contributed by atoms with E-state index in [9.17, 15) is 0 Å². The Morgan fingerprint density at radius 3 is 3.05 bits per heavy atom. The molecule has 0 saturated carbocycles. The van der Waals surface area contributed by atoms with Gasteiger partial charge in [-0.2, -0.15) is 0 Å². The number of hydrogen-bond donors (Lipinski definition) is 1. The lowest BCUT2D eigenvalue weighted by Crippen LogP contribution is -2.09. The first-order chi connectivity index (χ1) is 9.72. The normalized spacial score (nSPS) is 10.8. The van der Waals surface area contributed by atoms with Crippen LogP contribution in [0.3, 0.4) is 0 Å². The second-order valence-corrected chi connectivity index (χ2v) is 5.46. The van der Waals surface area contributed by atoms with E-state index in [0.717, 1.165) is 42.3 Å². The van der Waals surface area contributed by atoms with E-state index in [1.165, 1.54) is 0 Å². The predicted molar refractivity (Wildman–Crippen MR) is 85.9 cm³/mol. The highest BCUT2D eigenvalue weighted by Gasteiger charge is 2.06. The molecule has 0 fully saturated rings. The highest BCUT2D eigenvalue weighted by molar-refractivity contribution is 9.10. The zero-order valence-electron chi connectivity index (χ0n) is 11.3. The van der Waals surface area contributed by atoms with Crippen molar-refractivity contribution in [1.82, 2.24) is 9.55 Å². The van der Waals surface area contributed by atoms with Gasteiger partial charge in [-0.1, -0.05) is 11.6 Å². The van der Waals surface area contributed by atoms with Crippen molar-refractivity contribution in [2.24, 2.45) is 0 Å². The zero-order valence-corrected chi connectivity index (χ0v) is 13.6. The minimum absolute atomic E-state index is 0.679. The maximum atomic E-state index is 6.13. The van der Waals surface area contributed by atoms with Gasteiger partial charge in [0.2, 0.25) is 5.95 Å². The second kappa shape index (κ2) is 7.67. The number of hydrogen-bond acceptors (Lipinski definition) is 3. The molecule has 0 atom stereocenters.